The number of carboxylic acids is 2. The first-order chi connectivity index (χ1) is 11.0. The summed E-state index contributed by atoms with van der Waals surface area (Å²) in [5.74, 6) is -1.99. The van der Waals surface area contributed by atoms with Crippen molar-refractivity contribution < 1.29 is 55.6 Å². The molecule has 0 fully saturated rings. The topological polar surface area (TPSA) is 130 Å². The monoisotopic (exact) mass is 354 g/mol. The second kappa shape index (κ2) is 17.2. The Morgan fingerprint density at radius 2 is 1.42 bits per heavy atom. The van der Waals surface area contributed by atoms with Gasteiger partial charge in [0.25, 0.3) is 0 Å². The summed E-state index contributed by atoms with van der Waals surface area (Å²) in [6, 6.07) is -0.829. The first-order valence-corrected chi connectivity index (χ1v) is 8.41. The predicted molar refractivity (Wildman–Crippen MR) is 88.2 cm³/mol. The van der Waals surface area contributed by atoms with E-state index in [2.05, 4.69) is 5.32 Å². The minimum atomic E-state index is -1.01. The van der Waals surface area contributed by atoms with E-state index < -0.39 is 18.0 Å². The summed E-state index contributed by atoms with van der Waals surface area (Å²) in [5.41, 5.74) is 5.37. The molecule has 0 unspecified atom stereocenters. The van der Waals surface area contributed by atoms with Crippen LogP contribution in [0.2, 0.25) is 0 Å². The normalized spacial score (nSPS) is 11.4. The Kier molecular flexibility index (Phi) is 18.4. The molecule has 0 rings (SSSR count). The van der Waals surface area contributed by atoms with Gasteiger partial charge >= 0.3 is 41.5 Å². The van der Waals surface area contributed by atoms with Crippen molar-refractivity contribution in [1.29, 1.82) is 0 Å². The molecule has 0 saturated heterocycles. The summed E-state index contributed by atoms with van der Waals surface area (Å²) in [4.78, 5) is 33.1. The summed E-state index contributed by atoms with van der Waals surface area (Å²) >= 11 is 0. The van der Waals surface area contributed by atoms with Crippen LogP contribution in [0.25, 0.3) is 0 Å². The van der Waals surface area contributed by atoms with Crippen molar-refractivity contribution in [2.75, 3.05) is 6.54 Å². The number of hydrogen-bond acceptors (Lipinski definition) is 4. The SMILES string of the molecule is NCCCC[C@H](NC(=O)CCCCCCCCC(=O)O)C(=O)O.[H-].[Na+]. The third kappa shape index (κ3) is 16.2. The van der Waals surface area contributed by atoms with Crippen LogP contribution in [0.5, 0.6) is 0 Å². The standard InChI is InChI=1S/C16H30N2O5.Na.H/c17-12-8-7-9-13(16(22)23)18-14(19)10-5-3-1-2-4-6-11-15(20)21;;/h13H,1-12,17H2,(H,18,19)(H,20,21)(H,22,23);;/q;+1;-1/t13-;;/m0../s1. The van der Waals surface area contributed by atoms with Crippen LogP contribution < -0.4 is 40.6 Å². The molecule has 0 aromatic heterocycles. The molecule has 1 amide bonds. The van der Waals surface area contributed by atoms with E-state index >= 15 is 0 Å². The average Bonchev–Trinajstić information content (AvgIpc) is 2.48. The van der Waals surface area contributed by atoms with Gasteiger partial charge in [0.15, 0.2) is 0 Å². The summed E-state index contributed by atoms with van der Waals surface area (Å²) in [5, 5.41) is 20.1. The second-order valence-corrected chi connectivity index (χ2v) is 5.76. The molecule has 1 atom stereocenters. The Morgan fingerprint density at radius 3 is 1.92 bits per heavy atom. The van der Waals surface area contributed by atoms with Crippen molar-refractivity contribution in [3.05, 3.63) is 0 Å². The molecule has 0 aliphatic carbocycles. The molecule has 0 heterocycles. The molecular weight excluding hydrogens is 323 g/mol. The van der Waals surface area contributed by atoms with Crippen LogP contribution in [-0.2, 0) is 14.4 Å². The quantitative estimate of drug-likeness (QED) is 0.221. The van der Waals surface area contributed by atoms with E-state index in [0.29, 0.717) is 32.2 Å². The zero-order valence-corrected chi connectivity index (χ0v) is 16.8. The van der Waals surface area contributed by atoms with Gasteiger partial charge < -0.3 is 22.7 Å². The molecule has 0 spiro atoms. The molecule has 0 aromatic rings. The van der Waals surface area contributed by atoms with Gasteiger partial charge in [0.05, 0.1) is 0 Å². The van der Waals surface area contributed by atoms with Gasteiger partial charge in [-0.1, -0.05) is 25.7 Å². The van der Waals surface area contributed by atoms with Gasteiger partial charge in [0.1, 0.15) is 6.04 Å². The maximum atomic E-state index is 11.7. The first kappa shape index (κ1) is 25.6. The number of carbonyl (C=O) groups is 3. The van der Waals surface area contributed by atoms with Crippen LogP contribution >= 0.6 is 0 Å². The van der Waals surface area contributed by atoms with Crippen molar-refractivity contribution in [2.24, 2.45) is 5.73 Å². The smallest absolute Gasteiger partial charge is 1.00 e. The fourth-order valence-electron chi connectivity index (χ4n) is 2.29. The zero-order valence-electron chi connectivity index (χ0n) is 15.8. The minimum absolute atomic E-state index is 0. The Balaban J connectivity index is -0.00000242. The summed E-state index contributed by atoms with van der Waals surface area (Å²) < 4.78 is 0. The fourth-order valence-corrected chi connectivity index (χ4v) is 2.29. The number of carboxylic acid groups (broad SMARTS) is 2. The van der Waals surface area contributed by atoms with Gasteiger partial charge in [-0.2, -0.15) is 0 Å². The zero-order chi connectivity index (χ0) is 17.5. The number of amides is 1. The Bertz CT molecular complexity index is 372. The third-order valence-corrected chi connectivity index (χ3v) is 3.62. The van der Waals surface area contributed by atoms with Gasteiger partial charge in [-0.05, 0) is 38.6 Å². The fraction of sp³-hybridized carbons (Fsp3) is 0.812. The summed E-state index contributed by atoms with van der Waals surface area (Å²) in [7, 11) is 0. The van der Waals surface area contributed by atoms with Gasteiger partial charge in [-0.3, -0.25) is 9.59 Å². The molecule has 0 radical (unpaired) electrons. The molecule has 0 aliphatic heterocycles. The van der Waals surface area contributed by atoms with Gasteiger partial charge in [0.2, 0.25) is 5.91 Å². The second-order valence-electron chi connectivity index (χ2n) is 5.76. The van der Waals surface area contributed by atoms with Crippen molar-refractivity contribution in [2.45, 2.75) is 76.7 Å². The van der Waals surface area contributed by atoms with Gasteiger partial charge in [-0.15, -0.1) is 0 Å². The van der Waals surface area contributed by atoms with E-state index in [1.807, 2.05) is 0 Å². The van der Waals surface area contributed by atoms with E-state index in [-0.39, 0.29) is 43.3 Å². The largest absolute Gasteiger partial charge is 1.00 e. The van der Waals surface area contributed by atoms with Crippen LogP contribution in [0, 0.1) is 0 Å². The number of unbranched alkanes of at least 4 members (excludes halogenated alkanes) is 6. The van der Waals surface area contributed by atoms with Crippen molar-refractivity contribution in [3.8, 4) is 0 Å². The van der Waals surface area contributed by atoms with Gasteiger partial charge in [-0.25, -0.2) is 4.79 Å². The number of hydrogen-bond donors (Lipinski definition) is 4. The van der Waals surface area contributed by atoms with E-state index in [1.54, 1.807) is 0 Å². The maximum Gasteiger partial charge on any atom is 1.00 e. The molecule has 7 nitrogen and oxygen atoms in total. The summed E-state index contributed by atoms with van der Waals surface area (Å²) in [6.45, 7) is 0.521. The van der Waals surface area contributed by atoms with E-state index in [0.717, 1.165) is 38.5 Å². The van der Waals surface area contributed by atoms with Crippen LogP contribution in [0.4, 0.5) is 0 Å². The molecule has 0 aromatic carbocycles. The van der Waals surface area contributed by atoms with E-state index in [1.165, 1.54) is 0 Å². The van der Waals surface area contributed by atoms with E-state index in [9.17, 15) is 14.4 Å². The summed E-state index contributed by atoms with van der Waals surface area (Å²) in [6.07, 6.45) is 7.51. The number of carbonyl (C=O) groups excluding carboxylic acids is 1. The van der Waals surface area contributed by atoms with Crippen molar-refractivity contribution in [1.82, 2.24) is 5.32 Å². The number of nitrogens with one attached hydrogen (secondary N) is 1. The Hall–Kier alpha value is -0.630. The minimum Gasteiger partial charge on any atom is -1.00 e. The Morgan fingerprint density at radius 1 is 0.875 bits per heavy atom. The Labute approximate surface area is 167 Å². The number of aliphatic carboxylic acids is 2. The average molecular weight is 354 g/mol. The number of rotatable bonds is 15. The molecule has 0 aliphatic rings. The molecule has 0 bridgehead atoms. The number of nitrogens with two attached hydrogens (primary N) is 1. The van der Waals surface area contributed by atoms with Gasteiger partial charge in [0, 0.05) is 12.8 Å². The molecular formula is C16H31N2NaO5. The first-order valence-electron chi connectivity index (χ1n) is 8.41. The predicted octanol–water partition coefficient (Wildman–Crippen LogP) is -0.993. The van der Waals surface area contributed by atoms with E-state index in [4.69, 9.17) is 15.9 Å². The maximum absolute atomic E-state index is 11.7. The molecule has 0 saturated carbocycles. The van der Waals surface area contributed by atoms with Crippen molar-refractivity contribution >= 4 is 17.8 Å². The van der Waals surface area contributed by atoms with Crippen molar-refractivity contribution in [3.63, 3.8) is 0 Å². The van der Waals surface area contributed by atoms with Crippen LogP contribution in [0.3, 0.4) is 0 Å². The molecule has 5 N–H and O–H groups in total. The van der Waals surface area contributed by atoms with Crippen LogP contribution in [0.15, 0.2) is 0 Å². The molecule has 24 heavy (non-hydrogen) atoms. The van der Waals surface area contributed by atoms with Crippen LogP contribution in [0.1, 0.15) is 72.1 Å². The third-order valence-electron chi connectivity index (χ3n) is 3.62. The molecule has 136 valence electrons. The molecule has 8 heteroatoms. The van der Waals surface area contributed by atoms with Crippen LogP contribution in [-0.4, -0.2) is 40.6 Å².